The quantitative estimate of drug-likeness (QED) is 0.751. The van der Waals surface area contributed by atoms with Crippen molar-refractivity contribution in [1.29, 1.82) is 0 Å². The Balaban J connectivity index is 2.00. The van der Waals surface area contributed by atoms with E-state index in [1.165, 1.54) is 18.2 Å². The third kappa shape index (κ3) is 2.48. The minimum atomic E-state index is -4.17. The molecular weight excluding hydrogens is 374 g/mol. The van der Waals surface area contributed by atoms with E-state index in [1.807, 2.05) is 13.0 Å². The van der Waals surface area contributed by atoms with Gasteiger partial charge in [0, 0.05) is 17.9 Å². The van der Waals surface area contributed by atoms with Gasteiger partial charge in [-0.2, -0.15) is 0 Å². The molecule has 0 unspecified atom stereocenters. The predicted octanol–water partition coefficient (Wildman–Crippen LogP) is 3.12. The fourth-order valence-electron chi connectivity index (χ4n) is 4.05. The van der Waals surface area contributed by atoms with Crippen LogP contribution >= 0.6 is 0 Å². The van der Waals surface area contributed by atoms with Crippen LogP contribution in [0.4, 0.5) is 0 Å². The summed E-state index contributed by atoms with van der Waals surface area (Å²) in [6, 6.07) is 15.3. The molecule has 2 atom stereocenters. The first-order valence-electron chi connectivity index (χ1n) is 8.91. The largest absolute Gasteiger partial charge is 0.295 e. The maximum absolute atomic E-state index is 13.6. The molecule has 1 amide bonds. The second kappa shape index (κ2) is 6.27. The molecule has 0 N–H and O–H groups in total. The van der Waals surface area contributed by atoms with Gasteiger partial charge >= 0.3 is 0 Å². The fraction of sp³-hybridized carbons (Fsp3) is 0.182. The molecule has 2 aliphatic rings. The molecule has 0 aromatic heterocycles. The van der Waals surface area contributed by atoms with Crippen LogP contribution in [-0.2, 0) is 25.2 Å². The minimum Gasteiger partial charge on any atom is -0.295 e. The van der Waals surface area contributed by atoms with Crippen LogP contribution in [-0.4, -0.2) is 24.4 Å². The highest BCUT2D eigenvalue weighted by Gasteiger charge is 2.60. The van der Waals surface area contributed by atoms with Crippen molar-refractivity contribution in [1.82, 2.24) is 4.31 Å². The SMILES string of the molecule is C=C1C(=O)N(S(=O)(=O)c2ccc(C)cc2)[C@]2(c3ccccc3)C=CC(=O)C[C@H]12. The molecule has 2 aromatic rings. The van der Waals surface area contributed by atoms with Crippen LogP contribution < -0.4 is 0 Å². The van der Waals surface area contributed by atoms with Gasteiger partial charge in [0.25, 0.3) is 15.9 Å². The van der Waals surface area contributed by atoms with Gasteiger partial charge in [0.05, 0.1) is 4.90 Å². The molecule has 1 saturated heterocycles. The number of ketones is 1. The number of hydrogen-bond acceptors (Lipinski definition) is 4. The number of aryl methyl sites for hydroxylation is 1. The van der Waals surface area contributed by atoms with Crippen LogP contribution in [0.1, 0.15) is 17.5 Å². The molecule has 5 nitrogen and oxygen atoms in total. The standard InChI is InChI=1S/C22H19NO4S/c1-15-8-10-19(11-9-15)28(26,27)23-21(25)16(2)20-14-18(24)12-13-22(20,23)17-6-4-3-5-7-17/h3-13,20H,2,14H2,1H3/t20-,22+/m1/s1. The number of carbonyl (C=O) groups is 2. The Kier molecular flexibility index (Phi) is 4.12. The Bertz CT molecular complexity index is 1120. The summed E-state index contributed by atoms with van der Waals surface area (Å²) in [5, 5.41) is 0. The van der Waals surface area contributed by atoms with Gasteiger partial charge in [0.2, 0.25) is 0 Å². The van der Waals surface area contributed by atoms with E-state index in [2.05, 4.69) is 6.58 Å². The lowest BCUT2D eigenvalue weighted by molar-refractivity contribution is -0.123. The van der Waals surface area contributed by atoms with E-state index < -0.39 is 27.4 Å². The third-order valence-corrected chi connectivity index (χ3v) is 7.29. The molecule has 1 aliphatic carbocycles. The normalized spacial score (nSPS) is 24.5. The van der Waals surface area contributed by atoms with Crippen molar-refractivity contribution in [3.8, 4) is 0 Å². The number of carbonyl (C=O) groups excluding carboxylic acids is 2. The highest BCUT2D eigenvalue weighted by atomic mass is 32.2. The van der Waals surface area contributed by atoms with Crippen LogP contribution in [0.3, 0.4) is 0 Å². The van der Waals surface area contributed by atoms with Crippen molar-refractivity contribution in [2.75, 3.05) is 0 Å². The number of benzene rings is 2. The van der Waals surface area contributed by atoms with E-state index >= 15 is 0 Å². The second-order valence-electron chi connectivity index (χ2n) is 7.16. The summed E-state index contributed by atoms with van der Waals surface area (Å²) in [6.45, 7) is 5.71. The van der Waals surface area contributed by atoms with Crippen molar-refractivity contribution >= 4 is 21.7 Å². The summed E-state index contributed by atoms with van der Waals surface area (Å²) in [4.78, 5) is 25.3. The van der Waals surface area contributed by atoms with Crippen molar-refractivity contribution in [2.45, 2.75) is 23.8 Å². The summed E-state index contributed by atoms with van der Waals surface area (Å²) < 4.78 is 28.0. The number of rotatable bonds is 3. The number of fused-ring (bicyclic) bond motifs is 1. The van der Waals surface area contributed by atoms with E-state index in [1.54, 1.807) is 42.5 Å². The van der Waals surface area contributed by atoms with E-state index in [0.29, 0.717) is 5.56 Å². The summed E-state index contributed by atoms with van der Waals surface area (Å²) in [7, 11) is -4.17. The van der Waals surface area contributed by atoms with Crippen LogP contribution in [0.2, 0.25) is 0 Å². The molecule has 1 aliphatic heterocycles. The van der Waals surface area contributed by atoms with Crippen molar-refractivity contribution in [3.63, 3.8) is 0 Å². The number of nitrogens with zero attached hydrogens (tertiary/aromatic N) is 1. The lowest BCUT2D eigenvalue weighted by Crippen LogP contribution is -2.49. The zero-order valence-electron chi connectivity index (χ0n) is 15.3. The third-order valence-electron chi connectivity index (χ3n) is 5.47. The molecule has 0 bridgehead atoms. The van der Waals surface area contributed by atoms with Gasteiger partial charge in [0.15, 0.2) is 5.78 Å². The Morgan fingerprint density at radius 2 is 1.68 bits per heavy atom. The molecule has 6 heteroatoms. The molecule has 1 heterocycles. The summed E-state index contributed by atoms with van der Waals surface area (Å²) in [5.74, 6) is -1.46. The van der Waals surface area contributed by atoms with Crippen LogP contribution in [0, 0.1) is 12.8 Å². The lowest BCUT2D eigenvalue weighted by Gasteiger charge is -2.40. The highest BCUT2D eigenvalue weighted by molar-refractivity contribution is 7.89. The summed E-state index contributed by atoms with van der Waals surface area (Å²) >= 11 is 0. The average Bonchev–Trinajstić information content (AvgIpc) is 2.91. The Morgan fingerprint density at radius 3 is 2.32 bits per heavy atom. The van der Waals surface area contributed by atoms with E-state index in [0.717, 1.165) is 9.87 Å². The predicted molar refractivity (Wildman–Crippen MR) is 105 cm³/mol. The molecule has 28 heavy (non-hydrogen) atoms. The second-order valence-corrected chi connectivity index (χ2v) is 8.95. The van der Waals surface area contributed by atoms with Gasteiger partial charge < -0.3 is 0 Å². The fourth-order valence-corrected chi connectivity index (χ4v) is 5.77. The zero-order valence-corrected chi connectivity index (χ0v) is 16.1. The van der Waals surface area contributed by atoms with Gasteiger partial charge in [-0.05, 0) is 36.8 Å². The molecule has 0 spiro atoms. The molecule has 0 saturated carbocycles. The molecule has 4 rings (SSSR count). The lowest BCUT2D eigenvalue weighted by atomic mass is 9.72. The molecule has 142 valence electrons. The van der Waals surface area contributed by atoms with Gasteiger partial charge in [-0.1, -0.05) is 54.6 Å². The Hall–Kier alpha value is -2.99. The number of allylic oxidation sites excluding steroid dienone is 1. The van der Waals surface area contributed by atoms with E-state index in [9.17, 15) is 18.0 Å². The van der Waals surface area contributed by atoms with Crippen molar-refractivity contribution in [2.24, 2.45) is 5.92 Å². The zero-order chi connectivity index (χ0) is 20.1. The van der Waals surface area contributed by atoms with E-state index in [4.69, 9.17) is 0 Å². The molecule has 0 radical (unpaired) electrons. The average molecular weight is 393 g/mol. The van der Waals surface area contributed by atoms with Gasteiger partial charge in [-0.3, -0.25) is 9.59 Å². The molecule has 1 fully saturated rings. The van der Waals surface area contributed by atoms with Gasteiger partial charge in [0.1, 0.15) is 5.54 Å². The van der Waals surface area contributed by atoms with Crippen LogP contribution in [0.25, 0.3) is 0 Å². The van der Waals surface area contributed by atoms with Crippen LogP contribution in [0.15, 0.2) is 83.8 Å². The Labute approximate surface area is 164 Å². The summed E-state index contributed by atoms with van der Waals surface area (Å²) in [6.07, 6.45) is 2.95. The van der Waals surface area contributed by atoms with Crippen LogP contribution in [0.5, 0.6) is 0 Å². The topological polar surface area (TPSA) is 71.5 Å². The first kappa shape index (κ1) is 18.4. The Morgan fingerprint density at radius 1 is 1.04 bits per heavy atom. The maximum atomic E-state index is 13.6. The minimum absolute atomic E-state index is 0.0282. The number of amides is 1. The molecule has 2 aromatic carbocycles. The monoisotopic (exact) mass is 393 g/mol. The first-order valence-corrected chi connectivity index (χ1v) is 10.4. The summed E-state index contributed by atoms with van der Waals surface area (Å²) in [5.41, 5.74) is 0.381. The van der Waals surface area contributed by atoms with E-state index in [-0.39, 0.29) is 22.7 Å². The smallest absolute Gasteiger partial charge is 0.267 e. The first-order chi connectivity index (χ1) is 13.3. The molecular formula is C22H19NO4S. The van der Waals surface area contributed by atoms with Crippen molar-refractivity contribution in [3.05, 3.63) is 90.0 Å². The maximum Gasteiger partial charge on any atom is 0.267 e. The van der Waals surface area contributed by atoms with Crippen molar-refractivity contribution < 1.29 is 18.0 Å². The number of sulfonamides is 1. The highest BCUT2D eigenvalue weighted by Crippen LogP contribution is 2.53. The van der Waals surface area contributed by atoms with Gasteiger partial charge in [-0.25, -0.2) is 12.7 Å². The van der Waals surface area contributed by atoms with Gasteiger partial charge in [-0.15, -0.1) is 0 Å². The number of hydrogen-bond donors (Lipinski definition) is 0.